The second-order valence-electron chi connectivity index (χ2n) is 9.30. The van der Waals surface area contributed by atoms with Crippen molar-refractivity contribution in [1.82, 2.24) is 4.90 Å². The van der Waals surface area contributed by atoms with Gasteiger partial charge in [-0.25, -0.2) is 4.79 Å². The first-order valence-corrected chi connectivity index (χ1v) is 13.2. The lowest BCUT2D eigenvalue weighted by Gasteiger charge is -2.21. The molecule has 1 heterocycles. The molecule has 0 radical (unpaired) electrons. The lowest BCUT2D eigenvalue weighted by Crippen LogP contribution is -2.43. The largest absolute Gasteiger partial charge is 0.459 e. The summed E-state index contributed by atoms with van der Waals surface area (Å²) >= 11 is 0. The quantitative estimate of drug-likeness (QED) is 0.192. The van der Waals surface area contributed by atoms with Gasteiger partial charge >= 0.3 is 5.97 Å². The van der Waals surface area contributed by atoms with Crippen LogP contribution < -0.4 is 0 Å². The van der Waals surface area contributed by atoms with E-state index in [1.807, 2.05) is 30.3 Å². The Balaban J connectivity index is 1.55. The molecule has 1 atom stereocenters. The molecule has 2 rings (SSSR count). The Hall–Kier alpha value is -2.17. The first kappa shape index (κ1) is 27.1. The Bertz CT molecular complexity index is 703. The van der Waals surface area contributed by atoms with Gasteiger partial charge < -0.3 is 4.74 Å². The molecule has 0 aromatic heterocycles. The van der Waals surface area contributed by atoms with Gasteiger partial charge in [-0.05, 0) is 18.4 Å². The predicted octanol–water partition coefficient (Wildman–Crippen LogP) is 6.73. The van der Waals surface area contributed by atoms with Crippen molar-refractivity contribution in [3.8, 4) is 0 Å². The van der Waals surface area contributed by atoms with E-state index < -0.39 is 12.0 Å². The Morgan fingerprint density at radius 3 is 1.97 bits per heavy atom. The third-order valence-corrected chi connectivity index (χ3v) is 6.47. The van der Waals surface area contributed by atoms with Crippen LogP contribution in [0, 0.1) is 0 Å². The highest BCUT2D eigenvalue weighted by molar-refractivity contribution is 6.01. The summed E-state index contributed by atoms with van der Waals surface area (Å²) in [6.07, 6.45) is 17.1. The number of likely N-dealkylation sites (tertiary alicyclic amines) is 1. The maximum absolute atomic E-state index is 12.6. The molecule has 1 saturated heterocycles. The summed E-state index contributed by atoms with van der Waals surface area (Å²) in [5.41, 5.74) is 0.889. The number of hydrogen-bond donors (Lipinski definition) is 0. The first-order chi connectivity index (χ1) is 16.1. The van der Waals surface area contributed by atoms with Gasteiger partial charge in [0.05, 0.1) is 0 Å². The minimum atomic E-state index is -0.768. The zero-order valence-electron chi connectivity index (χ0n) is 20.6. The average Bonchev–Trinajstić information content (AvgIpc) is 3.22. The van der Waals surface area contributed by atoms with Crippen LogP contribution in [0.4, 0.5) is 0 Å². The number of nitrogens with zero attached hydrogens (tertiary/aromatic N) is 1. The highest BCUT2D eigenvalue weighted by Gasteiger charge is 2.40. The number of amides is 2. The maximum Gasteiger partial charge on any atom is 0.329 e. The van der Waals surface area contributed by atoms with Crippen LogP contribution in [0.1, 0.15) is 115 Å². The number of imide groups is 1. The second-order valence-corrected chi connectivity index (χ2v) is 9.30. The van der Waals surface area contributed by atoms with E-state index in [0.29, 0.717) is 12.8 Å². The van der Waals surface area contributed by atoms with Gasteiger partial charge in [-0.1, -0.05) is 114 Å². The Labute approximate surface area is 200 Å². The monoisotopic (exact) mass is 457 g/mol. The van der Waals surface area contributed by atoms with Crippen molar-refractivity contribution in [2.45, 2.75) is 122 Å². The van der Waals surface area contributed by atoms with E-state index in [4.69, 9.17) is 4.74 Å². The lowest BCUT2D eigenvalue weighted by atomic mass is 10.0. The van der Waals surface area contributed by atoms with Crippen LogP contribution in [0.5, 0.6) is 0 Å². The van der Waals surface area contributed by atoms with E-state index >= 15 is 0 Å². The van der Waals surface area contributed by atoms with Crippen LogP contribution in [-0.4, -0.2) is 28.7 Å². The molecule has 5 nitrogen and oxygen atoms in total. The Morgan fingerprint density at radius 2 is 1.39 bits per heavy atom. The standard InChI is InChI=1S/C28H43NO4/c1-2-3-4-5-6-7-8-9-10-11-12-13-17-20-26(30)29-25(21-22-27(29)31)28(32)33-23-24-18-15-14-16-19-24/h14-16,18-19,25H,2-13,17,20-23H2,1H3. The van der Waals surface area contributed by atoms with Gasteiger partial charge in [-0.2, -0.15) is 0 Å². The minimum Gasteiger partial charge on any atom is -0.459 e. The molecule has 5 heteroatoms. The highest BCUT2D eigenvalue weighted by Crippen LogP contribution is 2.22. The summed E-state index contributed by atoms with van der Waals surface area (Å²) in [5, 5.41) is 0. The molecule has 0 N–H and O–H groups in total. The minimum absolute atomic E-state index is 0.158. The van der Waals surface area contributed by atoms with Crippen molar-refractivity contribution in [2.24, 2.45) is 0 Å². The zero-order valence-corrected chi connectivity index (χ0v) is 20.6. The number of unbranched alkanes of at least 4 members (excludes halogenated alkanes) is 12. The van der Waals surface area contributed by atoms with Crippen molar-refractivity contribution < 1.29 is 19.1 Å². The van der Waals surface area contributed by atoms with Crippen molar-refractivity contribution in [2.75, 3.05) is 0 Å². The van der Waals surface area contributed by atoms with Gasteiger partial charge in [0.15, 0.2) is 0 Å². The summed E-state index contributed by atoms with van der Waals surface area (Å²) in [5.74, 6) is -0.970. The van der Waals surface area contributed by atoms with E-state index in [-0.39, 0.29) is 24.8 Å². The maximum atomic E-state index is 12.6. The van der Waals surface area contributed by atoms with Crippen LogP contribution in [0.15, 0.2) is 30.3 Å². The van der Waals surface area contributed by atoms with Crippen molar-refractivity contribution in [1.29, 1.82) is 0 Å². The van der Waals surface area contributed by atoms with Crippen LogP contribution in [0.3, 0.4) is 0 Å². The van der Waals surface area contributed by atoms with Gasteiger partial charge in [0.25, 0.3) is 0 Å². The van der Waals surface area contributed by atoms with E-state index in [0.717, 1.165) is 29.7 Å². The van der Waals surface area contributed by atoms with Crippen LogP contribution in [0.25, 0.3) is 0 Å². The fourth-order valence-corrected chi connectivity index (χ4v) is 4.46. The molecule has 2 amide bonds. The fourth-order valence-electron chi connectivity index (χ4n) is 4.46. The Kier molecular flexibility index (Phi) is 13.5. The molecular weight excluding hydrogens is 414 g/mol. The molecule has 0 aliphatic carbocycles. The number of carbonyl (C=O) groups is 3. The number of ether oxygens (including phenoxy) is 1. The van der Waals surface area contributed by atoms with Crippen molar-refractivity contribution >= 4 is 17.8 Å². The topological polar surface area (TPSA) is 63.7 Å². The summed E-state index contributed by atoms with van der Waals surface area (Å²) in [6.45, 7) is 2.41. The first-order valence-electron chi connectivity index (χ1n) is 13.2. The summed E-state index contributed by atoms with van der Waals surface area (Å²) in [6, 6.07) is 8.66. The normalized spacial score (nSPS) is 15.7. The third kappa shape index (κ3) is 10.5. The zero-order chi connectivity index (χ0) is 23.7. The fraction of sp³-hybridized carbons (Fsp3) is 0.679. The number of rotatable bonds is 17. The molecule has 1 aliphatic rings. The SMILES string of the molecule is CCCCCCCCCCCCCCCC(=O)N1C(=O)CCC1C(=O)OCc1ccccc1. The number of benzene rings is 1. The summed E-state index contributed by atoms with van der Waals surface area (Å²) < 4.78 is 5.38. The van der Waals surface area contributed by atoms with Gasteiger partial charge in [-0.15, -0.1) is 0 Å². The molecule has 0 saturated carbocycles. The second kappa shape index (κ2) is 16.4. The Morgan fingerprint density at radius 1 is 0.848 bits per heavy atom. The van der Waals surface area contributed by atoms with E-state index in [1.54, 1.807) is 0 Å². The van der Waals surface area contributed by atoms with E-state index in [9.17, 15) is 14.4 Å². The van der Waals surface area contributed by atoms with Gasteiger partial charge in [-0.3, -0.25) is 14.5 Å². The smallest absolute Gasteiger partial charge is 0.329 e. The van der Waals surface area contributed by atoms with Crippen LogP contribution >= 0.6 is 0 Å². The molecule has 33 heavy (non-hydrogen) atoms. The summed E-state index contributed by atoms with van der Waals surface area (Å²) in [7, 11) is 0. The van der Waals surface area contributed by atoms with Gasteiger partial charge in [0.2, 0.25) is 11.8 Å². The molecular formula is C28H43NO4. The predicted molar refractivity (Wildman–Crippen MR) is 131 cm³/mol. The van der Waals surface area contributed by atoms with Gasteiger partial charge in [0.1, 0.15) is 12.6 Å². The molecule has 1 aromatic carbocycles. The number of esters is 1. The molecule has 1 aromatic rings. The molecule has 0 spiro atoms. The van der Waals surface area contributed by atoms with Gasteiger partial charge in [0, 0.05) is 12.8 Å². The average molecular weight is 458 g/mol. The van der Waals surface area contributed by atoms with Crippen LogP contribution in [-0.2, 0) is 25.7 Å². The number of hydrogen-bond acceptors (Lipinski definition) is 4. The third-order valence-electron chi connectivity index (χ3n) is 6.47. The van der Waals surface area contributed by atoms with Crippen molar-refractivity contribution in [3.63, 3.8) is 0 Å². The summed E-state index contributed by atoms with van der Waals surface area (Å²) in [4.78, 5) is 38.5. The van der Waals surface area contributed by atoms with Crippen LogP contribution in [0.2, 0.25) is 0 Å². The molecule has 1 fully saturated rings. The van der Waals surface area contributed by atoms with Crippen molar-refractivity contribution in [3.05, 3.63) is 35.9 Å². The highest BCUT2D eigenvalue weighted by atomic mass is 16.5. The molecule has 1 unspecified atom stereocenters. The van der Waals surface area contributed by atoms with E-state index in [2.05, 4.69) is 6.92 Å². The molecule has 1 aliphatic heterocycles. The molecule has 0 bridgehead atoms. The number of carbonyl (C=O) groups excluding carboxylic acids is 3. The van der Waals surface area contributed by atoms with E-state index in [1.165, 1.54) is 64.2 Å². The molecule has 184 valence electrons. The lowest BCUT2D eigenvalue weighted by molar-refractivity contribution is -0.158.